The molecule has 144 valence electrons. The molecule has 0 aliphatic carbocycles. The summed E-state index contributed by atoms with van der Waals surface area (Å²) in [5.74, 6) is -0.223. The molecule has 0 saturated carbocycles. The quantitative estimate of drug-likeness (QED) is 0.789. The van der Waals surface area contributed by atoms with Gasteiger partial charge in [0.1, 0.15) is 6.54 Å². The van der Waals surface area contributed by atoms with Crippen LogP contribution in [-0.2, 0) is 19.6 Å². The van der Waals surface area contributed by atoms with Gasteiger partial charge in [0.2, 0.25) is 5.91 Å². The number of amides is 1. The molecule has 1 amide bonds. The first-order valence-corrected chi connectivity index (χ1v) is 10.3. The molecule has 27 heavy (non-hydrogen) atoms. The Labute approximate surface area is 160 Å². The fourth-order valence-corrected chi connectivity index (χ4v) is 4.55. The smallest absolute Gasteiger partial charge is 0.264 e. The van der Waals surface area contributed by atoms with Gasteiger partial charge in [-0.3, -0.25) is 9.10 Å². The van der Waals surface area contributed by atoms with Gasteiger partial charge in [0.15, 0.2) is 0 Å². The van der Waals surface area contributed by atoms with E-state index < -0.39 is 10.0 Å². The summed E-state index contributed by atoms with van der Waals surface area (Å²) in [6, 6.07) is 13.7. The van der Waals surface area contributed by atoms with Crippen LogP contribution in [0.3, 0.4) is 0 Å². The summed E-state index contributed by atoms with van der Waals surface area (Å²) in [6.07, 6.45) is 0. The second kappa shape index (κ2) is 8.10. The molecule has 0 aromatic heterocycles. The van der Waals surface area contributed by atoms with Gasteiger partial charge < -0.3 is 9.64 Å². The van der Waals surface area contributed by atoms with Crippen LogP contribution in [0.15, 0.2) is 53.4 Å². The Morgan fingerprint density at radius 2 is 1.70 bits per heavy atom. The normalized spacial score (nSPS) is 14.8. The minimum absolute atomic E-state index is 0.167. The first kappa shape index (κ1) is 19.4. The predicted molar refractivity (Wildman–Crippen MR) is 104 cm³/mol. The van der Waals surface area contributed by atoms with Gasteiger partial charge in [0.25, 0.3) is 10.0 Å². The first-order chi connectivity index (χ1) is 12.9. The molecule has 1 aliphatic heterocycles. The number of hydrogen-bond donors (Lipinski definition) is 0. The Morgan fingerprint density at radius 3 is 2.37 bits per heavy atom. The van der Waals surface area contributed by atoms with Crippen LogP contribution < -0.4 is 4.31 Å². The molecule has 0 N–H and O–H groups in total. The van der Waals surface area contributed by atoms with E-state index >= 15 is 0 Å². The highest BCUT2D eigenvalue weighted by Gasteiger charge is 2.30. The van der Waals surface area contributed by atoms with E-state index in [1.165, 1.54) is 4.31 Å². The average Bonchev–Trinajstić information content (AvgIpc) is 2.69. The molecule has 6 nitrogen and oxygen atoms in total. The molecule has 1 aliphatic rings. The van der Waals surface area contributed by atoms with Gasteiger partial charge in [-0.25, -0.2) is 8.42 Å². The largest absolute Gasteiger partial charge is 0.378 e. The van der Waals surface area contributed by atoms with Crippen molar-refractivity contribution in [3.8, 4) is 0 Å². The molecule has 2 aromatic carbocycles. The standard InChI is InChI=1S/C20H24N2O4S/c1-16-7-6-10-19(17(16)2)22(15-20(23)21-11-13-26-14-12-21)27(24,25)18-8-4-3-5-9-18/h3-10H,11-15H2,1-2H3. The Bertz CT molecular complexity index is 907. The van der Waals surface area contributed by atoms with Crippen LogP contribution in [0.5, 0.6) is 0 Å². The van der Waals surface area contributed by atoms with E-state index in [4.69, 9.17) is 4.74 Å². The van der Waals surface area contributed by atoms with Crippen molar-refractivity contribution in [1.29, 1.82) is 0 Å². The van der Waals surface area contributed by atoms with Crippen LogP contribution in [0.1, 0.15) is 11.1 Å². The Balaban J connectivity index is 2.01. The van der Waals surface area contributed by atoms with Gasteiger partial charge >= 0.3 is 0 Å². The van der Waals surface area contributed by atoms with Crippen LogP contribution in [0.2, 0.25) is 0 Å². The average molecular weight is 388 g/mol. The number of carbonyl (C=O) groups excluding carboxylic acids is 1. The minimum Gasteiger partial charge on any atom is -0.378 e. The topological polar surface area (TPSA) is 66.9 Å². The highest BCUT2D eigenvalue weighted by Crippen LogP contribution is 2.28. The summed E-state index contributed by atoms with van der Waals surface area (Å²) in [5, 5.41) is 0. The molecule has 0 unspecified atom stereocenters. The number of hydrogen-bond acceptors (Lipinski definition) is 4. The summed E-state index contributed by atoms with van der Waals surface area (Å²) in [5.41, 5.74) is 2.34. The first-order valence-electron chi connectivity index (χ1n) is 8.91. The van der Waals surface area contributed by atoms with Crippen molar-refractivity contribution >= 4 is 21.6 Å². The van der Waals surface area contributed by atoms with Crippen molar-refractivity contribution in [1.82, 2.24) is 4.90 Å². The molecular formula is C20H24N2O4S. The zero-order valence-electron chi connectivity index (χ0n) is 15.6. The molecule has 1 saturated heterocycles. The van der Waals surface area contributed by atoms with E-state index in [9.17, 15) is 13.2 Å². The number of rotatable bonds is 5. The number of anilines is 1. The molecule has 0 spiro atoms. The third-order valence-electron chi connectivity index (χ3n) is 4.82. The van der Waals surface area contributed by atoms with Crippen LogP contribution in [0.25, 0.3) is 0 Å². The van der Waals surface area contributed by atoms with Crippen LogP contribution in [0, 0.1) is 13.8 Å². The third-order valence-corrected chi connectivity index (χ3v) is 6.59. The van der Waals surface area contributed by atoms with E-state index in [-0.39, 0.29) is 17.3 Å². The number of benzene rings is 2. The molecule has 1 fully saturated rings. The Kier molecular flexibility index (Phi) is 5.82. The lowest BCUT2D eigenvalue weighted by Crippen LogP contribution is -2.47. The fraction of sp³-hybridized carbons (Fsp3) is 0.350. The highest BCUT2D eigenvalue weighted by molar-refractivity contribution is 7.92. The van der Waals surface area contributed by atoms with Crippen molar-refractivity contribution in [2.75, 3.05) is 37.2 Å². The van der Waals surface area contributed by atoms with Crippen LogP contribution in [0.4, 0.5) is 5.69 Å². The van der Waals surface area contributed by atoms with E-state index in [1.807, 2.05) is 26.0 Å². The minimum atomic E-state index is -3.87. The summed E-state index contributed by atoms with van der Waals surface area (Å²) < 4.78 is 33.2. The van der Waals surface area contributed by atoms with Crippen molar-refractivity contribution in [3.05, 3.63) is 59.7 Å². The van der Waals surface area contributed by atoms with Crippen molar-refractivity contribution in [3.63, 3.8) is 0 Å². The molecule has 7 heteroatoms. The number of ether oxygens (including phenoxy) is 1. The zero-order valence-corrected chi connectivity index (χ0v) is 16.4. The van der Waals surface area contributed by atoms with E-state index in [1.54, 1.807) is 41.3 Å². The maximum atomic E-state index is 13.3. The number of morpholine rings is 1. The van der Waals surface area contributed by atoms with Crippen LogP contribution in [-0.4, -0.2) is 52.1 Å². The van der Waals surface area contributed by atoms with Gasteiger partial charge in [-0.2, -0.15) is 0 Å². The van der Waals surface area contributed by atoms with Crippen LogP contribution >= 0.6 is 0 Å². The summed E-state index contributed by atoms with van der Waals surface area (Å²) in [4.78, 5) is 14.6. The summed E-state index contributed by atoms with van der Waals surface area (Å²) in [7, 11) is -3.87. The number of nitrogens with zero attached hydrogens (tertiary/aromatic N) is 2. The summed E-state index contributed by atoms with van der Waals surface area (Å²) >= 11 is 0. The zero-order chi connectivity index (χ0) is 19.4. The van der Waals surface area contributed by atoms with Crippen molar-refractivity contribution < 1.29 is 17.9 Å². The second-order valence-electron chi connectivity index (χ2n) is 6.54. The van der Waals surface area contributed by atoms with E-state index in [0.29, 0.717) is 32.0 Å². The summed E-state index contributed by atoms with van der Waals surface area (Å²) in [6.45, 7) is 5.46. The van der Waals surface area contributed by atoms with E-state index in [0.717, 1.165) is 11.1 Å². The van der Waals surface area contributed by atoms with E-state index in [2.05, 4.69) is 0 Å². The van der Waals surface area contributed by atoms with Crippen molar-refractivity contribution in [2.45, 2.75) is 18.7 Å². The molecular weight excluding hydrogens is 364 g/mol. The SMILES string of the molecule is Cc1cccc(N(CC(=O)N2CCOCC2)S(=O)(=O)c2ccccc2)c1C. The van der Waals surface area contributed by atoms with Gasteiger partial charge in [-0.15, -0.1) is 0 Å². The number of sulfonamides is 1. The Morgan fingerprint density at radius 1 is 1.04 bits per heavy atom. The monoisotopic (exact) mass is 388 g/mol. The molecule has 3 rings (SSSR count). The number of aryl methyl sites for hydroxylation is 1. The maximum absolute atomic E-state index is 13.3. The number of carbonyl (C=O) groups is 1. The fourth-order valence-electron chi connectivity index (χ4n) is 3.06. The van der Waals surface area contributed by atoms with Gasteiger partial charge in [-0.05, 0) is 43.2 Å². The molecule has 2 aromatic rings. The predicted octanol–water partition coefficient (Wildman–Crippen LogP) is 2.36. The molecule has 0 bridgehead atoms. The molecule has 0 radical (unpaired) electrons. The second-order valence-corrected chi connectivity index (χ2v) is 8.40. The van der Waals surface area contributed by atoms with Gasteiger partial charge in [0, 0.05) is 13.1 Å². The highest BCUT2D eigenvalue weighted by atomic mass is 32.2. The molecule has 0 atom stereocenters. The lowest BCUT2D eigenvalue weighted by Gasteiger charge is -2.31. The lowest BCUT2D eigenvalue weighted by molar-refractivity contribution is -0.133. The van der Waals surface area contributed by atoms with Gasteiger partial charge in [-0.1, -0.05) is 30.3 Å². The molecule has 1 heterocycles. The lowest BCUT2D eigenvalue weighted by atomic mass is 10.1. The van der Waals surface area contributed by atoms with Gasteiger partial charge in [0.05, 0.1) is 23.8 Å². The Hall–Kier alpha value is -2.38. The van der Waals surface area contributed by atoms with Crippen molar-refractivity contribution in [2.24, 2.45) is 0 Å². The maximum Gasteiger partial charge on any atom is 0.264 e. The third kappa shape index (κ3) is 4.14.